The van der Waals surface area contributed by atoms with Gasteiger partial charge in [-0.3, -0.25) is 9.59 Å². The molecule has 1 aliphatic carbocycles. The zero-order valence-corrected chi connectivity index (χ0v) is 10.5. The van der Waals surface area contributed by atoms with Gasteiger partial charge in [0, 0.05) is 0 Å². The Morgan fingerprint density at radius 2 is 2.06 bits per heavy atom. The predicted molar refractivity (Wildman–Crippen MR) is 61.9 cm³/mol. The summed E-state index contributed by atoms with van der Waals surface area (Å²) < 4.78 is 4.81. The number of ether oxygens (including phenoxy) is 1. The van der Waals surface area contributed by atoms with Crippen molar-refractivity contribution in [1.82, 2.24) is 0 Å². The number of methoxy groups -OCH3 is 1. The number of ketones is 1. The highest BCUT2D eigenvalue weighted by Crippen LogP contribution is 2.45. The molecule has 0 amide bonds. The highest BCUT2D eigenvalue weighted by Gasteiger charge is 2.50. The molecule has 16 heavy (non-hydrogen) atoms. The summed E-state index contributed by atoms with van der Waals surface area (Å²) in [4.78, 5) is 23.7. The fourth-order valence-corrected chi connectivity index (χ4v) is 2.50. The van der Waals surface area contributed by atoms with Crippen LogP contribution in [0, 0.1) is 11.3 Å². The van der Waals surface area contributed by atoms with E-state index in [1.54, 1.807) is 0 Å². The van der Waals surface area contributed by atoms with Gasteiger partial charge in [-0.1, -0.05) is 19.9 Å². The number of Topliss-reactive ketones (excluding diaryl/α,β-unsaturated/α-hetero) is 1. The first-order chi connectivity index (χ1) is 7.45. The fraction of sp³-hybridized carbons (Fsp3) is 0.692. The summed E-state index contributed by atoms with van der Waals surface area (Å²) in [5.41, 5.74) is -0.0409. The second kappa shape index (κ2) is 4.81. The summed E-state index contributed by atoms with van der Waals surface area (Å²) in [5.74, 6) is -0.148. The van der Waals surface area contributed by atoms with Gasteiger partial charge in [0.15, 0.2) is 5.78 Å². The molecule has 0 spiro atoms. The average molecular weight is 224 g/mol. The second-order valence-electron chi connectivity index (χ2n) is 4.74. The Morgan fingerprint density at radius 1 is 1.44 bits per heavy atom. The lowest BCUT2D eigenvalue weighted by Gasteiger charge is -2.25. The summed E-state index contributed by atoms with van der Waals surface area (Å²) >= 11 is 0. The Hall–Kier alpha value is -1.12. The van der Waals surface area contributed by atoms with Crippen molar-refractivity contribution >= 4 is 11.8 Å². The third-order valence-corrected chi connectivity index (χ3v) is 3.22. The smallest absolute Gasteiger partial charge is 0.323 e. The van der Waals surface area contributed by atoms with Crippen LogP contribution in [-0.4, -0.2) is 18.9 Å². The topological polar surface area (TPSA) is 43.4 Å². The van der Waals surface area contributed by atoms with Crippen LogP contribution in [-0.2, 0) is 14.3 Å². The number of carbonyl (C=O) groups is 2. The molecule has 0 saturated heterocycles. The highest BCUT2D eigenvalue weighted by molar-refractivity contribution is 6.06. The molecule has 0 aromatic carbocycles. The van der Waals surface area contributed by atoms with Crippen LogP contribution in [0.15, 0.2) is 11.6 Å². The van der Waals surface area contributed by atoms with Crippen LogP contribution in [0.5, 0.6) is 0 Å². The maximum atomic E-state index is 11.9. The largest absolute Gasteiger partial charge is 0.468 e. The minimum atomic E-state index is -0.987. The van der Waals surface area contributed by atoms with Gasteiger partial charge < -0.3 is 4.74 Å². The van der Waals surface area contributed by atoms with Crippen molar-refractivity contribution in [2.24, 2.45) is 11.3 Å². The van der Waals surface area contributed by atoms with E-state index in [0.717, 1.165) is 18.4 Å². The standard InChI is InChI=1S/C13H20O3/c1-9(2)8-11-6-5-7-13(11,10(3)14)12(15)16-4/h8-9H,5-7H2,1-4H3/b11-8-. The molecular formula is C13H20O3. The highest BCUT2D eigenvalue weighted by atomic mass is 16.5. The third-order valence-electron chi connectivity index (χ3n) is 3.22. The molecule has 0 heterocycles. The van der Waals surface area contributed by atoms with Gasteiger partial charge in [0.25, 0.3) is 0 Å². The number of rotatable bonds is 3. The van der Waals surface area contributed by atoms with Crippen molar-refractivity contribution in [3.63, 3.8) is 0 Å². The number of hydrogen-bond donors (Lipinski definition) is 0. The first kappa shape index (κ1) is 12.9. The fourth-order valence-electron chi connectivity index (χ4n) is 2.50. The molecule has 3 nitrogen and oxygen atoms in total. The summed E-state index contributed by atoms with van der Waals surface area (Å²) in [6.45, 7) is 5.58. The molecule has 90 valence electrons. The molecule has 0 aliphatic heterocycles. The number of hydrogen-bond acceptors (Lipinski definition) is 3. The van der Waals surface area contributed by atoms with E-state index >= 15 is 0 Å². The second-order valence-corrected chi connectivity index (χ2v) is 4.74. The normalized spacial score (nSPS) is 27.4. The quantitative estimate of drug-likeness (QED) is 0.420. The molecule has 3 heteroatoms. The van der Waals surface area contributed by atoms with Crippen LogP contribution in [0.1, 0.15) is 40.0 Å². The van der Waals surface area contributed by atoms with E-state index in [0.29, 0.717) is 12.3 Å². The lowest BCUT2D eigenvalue weighted by molar-refractivity contribution is -0.154. The van der Waals surface area contributed by atoms with Crippen LogP contribution in [0.2, 0.25) is 0 Å². The molecule has 1 fully saturated rings. The minimum absolute atomic E-state index is 0.0937. The van der Waals surface area contributed by atoms with Gasteiger partial charge in [0.2, 0.25) is 0 Å². The molecule has 1 atom stereocenters. The van der Waals surface area contributed by atoms with Crippen molar-refractivity contribution in [2.45, 2.75) is 40.0 Å². The van der Waals surface area contributed by atoms with Crippen molar-refractivity contribution < 1.29 is 14.3 Å². The Labute approximate surface area is 96.9 Å². The molecule has 0 aromatic heterocycles. The summed E-state index contributed by atoms with van der Waals surface area (Å²) in [6.07, 6.45) is 4.33. The van der Waals surface area contributed by atoms with E-state index in [2.05, 4.69) is 0 Å². The number of allylic oxidation sites excluding steroid dienone is 1. The molecular weight excluding hydrogens is 204 g/mol. The summed E-state index contributed by atoms with van der Waals surface area (Å²) in [7, 11) is 1.35. The van der Waals surface area contributed by atoms with Crippen LogP contribution >= 0.6 is 0 Å². The van der Waals surface area contributed by atoms with Gasteiger partial charge in [-0.25, -0.2) is 0 Å². The van der Waals surface area contributed by atoms with Gasteiger partial charge in [-0.2, -0.15) is 0 Å². The molecule has 0 N–H and O–H groups in total. The van der Waals surface area contributed by atoms with Crippen molar-refractivity contribution in [3.05, 3.63) is 11.6 Å². The van der Waals surface area contributed by atoms with Gasteiger partial charge in [-0.15, -0.1) is 0 Å². The molecule has 1 rings (SSSR count). The van der Waals surface area contributed by atoms with Crippen LogP contribution in [0.4, 0.5) is 0 Å². The predicted octanol–water partition coefficient (Wildman–Crippen LogP) is 2.50. The Balaban J connectivity index is 3.19. The van der Waals surface area contributed by atoms with Gasteiger partial charge in [0.1, 0.15) is 5.41 Å². The third kappa shape index (κ3) is 2.04. The SMILES string of the molecule is COC(=O)C1(C(C)=O)CCC/C1=C/C(C)C. The van der Waals surface area contributed by atoms with Crippen molar-refractivity contribution in [3.8, 4) is 0 Å². The Kier molecular flexibility index (Phi) is 3.89. The summed E-state index contributed by atoms with van der Waals surface area (Å²) in [6, 6.07) is 0. The van der Waals surface area contributed by atoms with E-state index in [9.17, 15) is 9.59 Å². The summed E-state index contributed by atoms with van der Waals surface area (Å²) in [5, 5.41) is 0. The maximum Gasteiger partial charge on any atom is 0.323 e. The van der Waals surface area contributed by atoms with Gasteiger partial charge >= 0.3 is 5.97 Å². The van der Waals surface area contributed by atoms with Gasteiger partial charge in [0.05, 0.1) is 7.11 Å². The molecule has 1 aliphatic rings. The lowest BCUT2D eigenvalue weighted by atomic mass is 9.77. The molecule has 1 saturated carbocycles. The van der Waals surface area contributed by atoms with Crippen LogP contribution in [0.25, 0.3) is 0 Å². The first-order valence-corrected chi connectivity index (χ1v) is 5.75. The zero-order chi connectivity index (χ0) is 12.3. The lowest BCUT2D eigenvalue weighted by Crippen LogP contribution is -2.38. The zero-order valence-electron chi connectivity index (χ0n) is 10.5. The van der Waals surface area contributed by atoms with E-state index in [1.807, 2.05) is 19.9 Å². The average Bonchev–Trinajstić information content (AvgIpc) is 2.60. The molecule has 0 bridgehead atoms. The Morgan fingerprint density at radius 3 is 2.50 bits per heavy atom. The minimum Gasteiger partial charge on any atom is -0.468 e. The molecule has 0 aromatic rings. The van der Waals surface area contributed by atoms with Crippen molar-refractivity contribution in [2.75, 3.05) is 7.11 Å². The monoisotopic (exact) mass is 224 g/mol. The maximum absolute atomic E-state index is 11.9. The first-order valence-electron chi connectivity index (χ1n) is 5.75. The van der Waals surface area contributed by atoms with Crippen LogP contribution < -0.4 is 0 Å². The number of esters is 1. The molecule has 1 unspecified atom stereocenters. The Bertz CT molecular complexity index is 328. The molecule has 0 radical (unpaired) electrons. The van der Waals surface area contributed by atoms with E-state index in [-0.39, 0.29) is 5.78 Å². The van der Waals surface area contributed by atoms with Crippen molar-refractivity contribution in [1.29, 1.82) is 0 Å². The van der Waals surface area contributed by atoms with Gasteiger partial charge in [-0.05, 0) is 37.7 Å². The number of carbonyl (C=O) groups excluding carboxylic acids is 2. The van der Waals surface area contributed by atoms with E-state index in [1.165, 1.54) is 14.0 Å². The van der Waals surface area contributed by atoms with Crippen LogP contribution in [0.3, 0.4) is 0 Å². The van der Waals surface area contributed by atoms with E-state index < -0.39 is 11.4 Å². The van der Waals surface area contributed by atoms with E-state index in [4.69, 9.17) is 4.74 Å².